The number of benzene rings is 1. The fourth-order valence-corrected chi connectivity index (χ4v) is 2.21. The van der Waals surface area contributed by atoms with Gasteiger partial charge in [0.1, 0.15) is 5.82 Å². The lowest BCUT2D eigenvalue weighted by Gasteiger charge is -2.12. The number of aryl methyl sites for hydroxylation is 1. The van der Waals surface area contributed by atoms with E-state index in [2.05, 4.69) is 4.98 Å². The van der Waals surface area contributed by atoms with Crippen LogP contribution in [-0.4, -0.2) is 21.6 Å². The second kappa shape index (κ2) is 6.56. The van der Waals surface area contributed by atoms with Gasteiger partial charge in [-0.05, 0) is 32.9 Å². The summed E-state index contributed by atoms with van der Waals surface area (Å²) < 4.78 is 33.1. The number of esters is 1. The molecule has 2 rings (SSSR count). The van der Waals surface area contributed by atoms with Crippen LogP contribution in [0.5, 0.6) is 0 Å². The zero-order valence-electron chi connectivity index (χ0n) is 12.9. The molecule has 6 nitrogen and oxygen atoms in total. The van der Waals surface area contributed by atoms with Crippen molar-refractivity contribution in [3.8, 4) is 5.69 Å². The molecule has 0 atom stereocenters. The molecule has 0 saturated carbocycles. The monoisotopic (exact) mass is 358 g/mol. The molecule has 24 heavy (non-hydrogen) atoms. The number of ether oxygens (including phenoxy) is 1. The highest BCUT2D eigenvalue weighted by molar-refractivity contribution is 6.33. The summed E-state index contributed by atoms with van der Waals surface area (Å²) in [5, 5.41) is -0.265. The maximum Gasteiger partial charge on any atom is 0.339 e. The second-order valence-electron chi connectivity index (χ2n) is 5.25. The summed E-state index contributed by atoms with van der Waals surface area (Å²) in [6.07, 6.45) is -0.468. The van der Waals surface area contributed by atoms with E-state index in [1.165, 1.54) is 6.92 Å². The van der Waals surface area contributed by atoms with E-state index in [1.54, 1.807) is 13.8 Å². The number of hydrogen-bond acceptors (Lipinski definition) is 4. The van der Waals surface area contributed by atoms with E-state index >= 15 is 0 Å². The number of aromatic nitrogens is 2. The smallest absolute Gasteiger partial charge is 0.339 e. The SMILES string of the molecule is Cc1[nH]c(=O)n(-c2cc(C(=O)OC(C)C)c(Cl)cc2F)c(=O)c1F. The molecule has 128 valence electrons. The Morgan fingerprint density at radius 3 is 2.50 bits per heavy atom. The highest BCUT2D eigenvalue weighted by atomic mass is 35.5. The molecule has 0 fully saturated rings. The van der Waals surface area contributed by atoms with Crippen LogP contribution in [0.15, 0.2) is 21.7 Å². The molecule has 0 unspecified atom stereocenters. The molecular weight excluding hydrogens is 346 g/mol. The van der Waals surface area contributed by atoms with Gasteiger partial charge in [0, 0.05) is 0 Å². The predicted octanol–water partition coefficient (Wildman–Crippen LogP) is 2.33. The van der Waals surface area contributed by atoms with Crippen LogP contribution in [-0.2, 0) is 4.74 Å². The lowest BCUT2D eigenvalue weighted by atomic mass is 10.2. The number of carbonyl (C=O) groups is 1. The van der Waals surface area contributed by atoms with Crippen LogP contribution in [0.25, 0.3) is 5.69 Å². The number of halogens is 3. The quantitative estimate of drug-likeness (QED) is 0.854. The number of hydrogen-bond donors (Lipinski definition) is 1. The molecule has 0 radical (unpaired) electrons. The third-order valence-electron chi connectivity index (χ3n) is 3.06. The second-order valence-corrected chi connectivity index (χ2v) is 5.65. The van der Waals surface area contributed by atoms with E-state index < -0.39 is 40.6 Å². The van der Waals surface area contributed by atoms with Crippen LogP contribution in [0.1, 0.15) is 29.9 Å². The van der Waals surface area contributed by atoms with Gasteiger partial charge in [-0.25, -0.2) is 18.5 Å². The number of aromatic amines is 1. The van der Waals surface area contributed by atoms with Crippen molar-refractivity contribution in [1.82, 2.24) is 9.55 Å². The molecule has 0 spiro atoms. The van der Waals surface area contributed by atoms with Crippen molar-refractivity contribution in [3.63, 3.8) is 0 Å². The molecule has 1 heterocycles. The van der Waals surface area contributed by atoms with Crippen LogP contribution in [0, 0.1) is 18.6 Å². The Morgan fingerprint density at radius 1 is 1.29 bits per heavy atom. The van der Waals surface area contributed by atoms with E-state index in [1.807, 2.05) is 0 Å². The zero-order valence-corrected chi connectivity index (χ0v) is 13.7. The Balaban J connectivity index is 2.74. The fraction of sp³-hybridized carbons (Fsp3) is 0.267. The van der Waals surface area contributed by atoms with Gasteiger partial charge in [-0.2, -0.15) is 4.39 Å². The average Bonchev–Trinajstić information content (AvgIpc) is 2.46. The first-order valence-corrected chi connectivity index (χ1v) is 7.23. The van der Waals surface area contributed by atoms with Crippen molar-refractivity contribution in [2.24, 2.45) is 0 Å². The summed E-state index contributed by atoms with van der Waals surface area (Å²) in [6, 6.07) is 1.62. The lowest BCUT2D eigenvalue weighted by molar-refractivity contribution is 0.0378. The van der Waals surface area contributed by atoms with E-state index in [-0.39, 0.29) is 20.8 Å². The molecule has 1 aromatic carbocycles. The van der Waals surface area contributed by atoms with Crippen molar-refractivity contribution in [2.45, 2.75) is 26.9 Å². The third kappa shape index (κ3) is 3.23. The Kier molecular flexibility index (Phi) is 4.88. The van der Waals surface area contributed by atoms with E-state index in [0.29, 0.717) is 0 Å². The summed E-state index contributed by atoms with van der Waals surface area (Å²) in [4.78, 5) is 38.0. The molecule has 1 N–H and O–H groups in total. The summed E-state index contributed by atoms with van der Waals surface area (Å²) in [5.41, 5.74) is -3.55. The van der Waals surface area contributed by atoms with Crippen LogP contribution in [0.2, 0.25) is 5.02 Å². The van der Waals surface area contributed by atoms with Crippen molar-refractivity contribution in [3.05, 3.63) is 60.9 Å². The highest BCUT2D eigenvalue weighted by Crippen LogP contribution is 2.23. The molecule has 2 aromatic rings. The Labute approximate surface area is 139 Å². The maximum absolute atomic E-state index is 14.2. The van der Waals surface area contributed by atoms with Crippen LogP contribution < -0.4 is 11.2 Å². The van der Waals surface area contributed by atoms with Crippen LogP contribution in [0.4, 0.5) is 8.78 Å². The summed E-state index contributed by atoms with van der Waals surface area (Å²) >= 11 is 5.82. The van der Waals surface area contributed by atoms with Crippen molar-refractivity contribution in [2.75, 3.05) is 0 Å². The highest BCUT2D eigenvalue weighted by Gasteiger charge is 2.21. The zero-order chi connectivity index (χ0) is 18.2. The third-order valence-corrected chi connectivity index (χ3v) is 3.37. The maximum atomic E-state index is 14.2. The summed E-state index contributed by atoms with van der Waals surface area (Å²) in [7, 11) is 0. The minimum absolute atomic E-state index is 0.250. The molecule has 0 amide bonds. The summed E-state index contributed by atoms with van der Waals surface area (Å²) in [5.74, 6) is -3.18. The van der Waals surface area contributed by atoms with Gasteiger partial charge in [-0.15, -0.1) is 0 Å². The number of carbonyl (C=O) groups excluding carboxylic acids is 1. The summed E-state index contributed by atoms with van der Waals surface area (Å²) in [6.45, 7) is 4.38. The van der Waals surface area contributed by atoms with Crippen molar-refractivity contribution < 1.29 is 18.3 Å². The van der Waals surface area contributed by atoms with Crippen molar-refractivity contribution >= 4 is 17.6 Å². The first-order valence-electron chi connectivity index (χ1n) is 6.85. The number of rotatable bonds is 3. The van der Waals surface area contributed by atoms with Gasteiger partial charge in [0.15, 0.2) is 0 Å². The van der Waals surface area contributed by atoms with Crippen LogP contribution in [0.3, 0.4) is 0 Å². The number of H-pyrrole nitrogens is 1. The Bertz CT molecular complexity index is 934. The molecule has 0 aliphatic rings. The fourth-order valence-electron chi connectivity index (χ4n) is 1.98. The Morgan fingerprint density at radius 2 is 1.92 bits per heavy atom. The van der Waals surface area contributed by atoms with Gasteiger partial charge >= 0.3 is 11.7 Å². The van der Waals surface area contributed by atoms with Gasteiger partial charge in [0.25, 0.3) is 5.56 Å². The van der Waals surface area contributed by atoms with E-state index in [0.717, 1.165) is 12.1 Å². The largest absolute Gasteiger partial charge is 0.459 e. The molecule has 1 aromatic heterocycles. The number of nitrogens with one attached hydrogen (secondary N) is 1. The minimum atomic E-state index is -1.35. The first kappa shape index (κ1) is 17.9. The van der Waals surface area contributed by atoms with Gasteiger partial charge in [-0.1, -0.05) is 11.6 Å². The standard InChI is InChI=1S/C15H13ClF2N2O4/c1-6(2)24-14(22)8-4-11(10(17)5-9(8)16)20-13(21)12(18)7(3)19-15(20)23/h4-6H,1-3H3,(H,19,23). The average molecular weight is 359 g/mol. The van der Waals surface area contributed by atoms with Crippen molar-refractivity contribution in [1.29, 1.82) is 0 Å². The van der Waals surface area contributed by atoms with E-state index in [4.69, 9.17) is 16.3 Å². The lowest BCUT2D eigenvalue weighted by Crippen LogP contribution is -2.37. The normalized spacial score (nSPS) is 11.0. The molecule has 0 aliphatic carbocycles. The first-order chi connectivity index (χ1) is 11.1. The molecule has 0 bridgehead atoms. The van der Waals surface area contributed by atoms with E-state index in [9.17, 15) is 23.2 Å². The van der Waals surface area contributed by atoms with Gasteiger partial charge in [-0.3, -0.25) is 4.79 Å². The topological polar surface area (TPSA) is 81.2 Å². The predicted molar refractivity (Wildman–Crippen MR) is 82.9 cm³/mol. The van der Waals surface area contributed by atoms with Gasteiger partial charge in [0.05, 0.1) is 28.1 Å². The number of nitrogens with zero attached hydrogens (tertiary/aromatic N) is 1. The molecular formula is C15H13ClF2N2O4. The molecule has 9 heteroatoms. The van der Waals surface area contributed by atoms with Crippen LogP contribution >= 0.6 is 11.6 Å². The Hall–Kier alpha value is -2.48. The molecule has 0 saturated heterocycles. The van der Waals surface area contributed by atoms with Gasteiger partial charge < -0.3 is 9.72 Å². The molecule has 0 aliphatic heterocycles. The van der Waals surface area contributed by atoms with Gasteiger partial charge in [0.2, 0.25) is 5.82 Å². The minimum Gasteiger partial charge on any atom is -0.459 e.